The second-order valence-electron chi connectivity index (χ2n) is 9.39. The molecule has 5 nitrogen and oxygen atoms in total. The lowest BCUT2D eigenvalue weighted by atomic mass is 9.65. The van der Waals surface area contributed by atoms with Gasteiger partial charge in [0.1, 0.15) is 0 Å². The van der Waals surface area contributed by atoms with E-state index in [-0.39, 0.29) is 47.3 Å². The molecule has 0 aromatic heterocycles. The van der Waals surface area contributed by atoms with Crippen LogP contribution in [0, 0.1) is 41.4 Å². The van der Waals surface area contributed by atoms with Crippen molar-refractivity contribution in [2.24, 2.45) is 41.4 Å². The SMILES string of the molecule is CCN1C(=O)[C@@H]2[C@H]3C(=CC[C@@H]2C1=O)CCC[C@H]1[C@@H]3C[C@H]2C=CCN(C)C(=O)[C@@H]12. The van der Waals surface area contributed by atoms with Crippen LogP contribution in [0.2, 0.25) is 0 Å². The van der Waals surface area contributed by atoms with Gasteiger partial charge in [-0.1, -0.05) is 23.8 Å². The number of amides is 3. The van der Waals surface area contributed by atoms with Crippen LogP contribution in [-0.2, 0) is 14.4 Å². The van der Waals surface area contributed by atoms with Gasteiger partial charge in [-0.15, -0.1) is 0 Å². The number of imide groups is 1. The molecule has 2 aliphatic heterocycles. The highest BCUT2D eigenvalue weighted by atomic mass is 16.2. The van der Waals surface area contributed by atoms with Gasteiger partial charge in [-0.05, 0) is 62.7 Å². The van der Waals surface area contributed by atoms with E-state index in [0.717, 1.165) is 25.7 Å². The third-order valence-corrected chi connectivity index (χ3v) is 8.24. The van der Waals surface area contributed by atoms with Crippen LogP contribution in [0.5, 0.6) is 0 Å². The molecule has 0 N–H and O–H groups in total. The van der Waals surface area contributed by atoms with Crippen molar-refractivity contribution in [2.75, 3.05) is 20.1 Å². The Morgan fingerprint density at radius 1 is 1.04 bits per heavy atom. The van der Waals surface area contributed by atoms with Gasteiger partial charge in [0.05, 0.1) is 11.8 Å². The van der Waals surface area contributed by atoms with Crippen molar-refractivity contribution in [2.45, 2.75) is 39.0 Å². The summed E-state index contributed by atoms with van der Waals surface area (Å²) in [5, 5.41) is 0. The predicted molar refractivity (Wildman–Crippen MR) is 105 cm³/mol. The molecule has 0 aromatic carbocycles. The zero-order valence-corrected chi connectivity index (χ0v) is 16.8. The van der Waals surface area contributed by atoms with E-state index in [1.54, 1.807) is 0 Å². The second-order valence-corrected chi connectivity index (χ2v) is 9.39. The Morgan fingerprint density at radius 3 is 2.64 bits per heavy atom. The van der Waals surface area contributed by atoms with E-state index < -0.39 is 0 Å². The van der Waals surface area contributed by atoms with Gasteiger partial charge in [0.2, 0.25) is 17.7 Å². The van der Waals surface area contributed by atoms with Crippen molar-refractivity contribution in [1.29, 1.82) is 0 Å². The van der Waals surface area contributed by atoms with E-state index >= 15 is 0 Å². The van der Waals surface area contributed by atoms with Gasteiger partial charge < -0.3 is 4.90 Å². The molecule has 1 saturated heterocycles. The van der Waals surface area contributed by atoms with Crippen LogP contribution >= 0.6 is 0 Å². The first-order valence-electron chi connectivity index (χ1n) is 11.0. The summed E-state index contributed by atoms with van der Waals surface area (Å²) in [4.78, 5) is 42.5. The van der Waals surface area contributed by atoms with Crippen molar-refractivity contribution < 1.29 is 14.4 Å². The minimum Gasteiger partial charge on any atom is -0.342 e. The molecule has 5 rings (SSSR count). The molecular weight excluding hydrogens is 352 g/mol. The summed E-state index contributed by atoms with van der Waals surface area (Å²) in [7, 11) is 1.90. The summed E-state index contributed by atoms with van der Waals surface area (Å²) in [6.07, 6.45) is 11.5. The molecular formula is C23H30N2O3. The second kappa shape index (κ2) is 6.57. The van der Waals surface area contributed by atoms with Gasteiger partial charge in [-0.2, -0.15) is 0 Å². The fourth-order valence-electron chi connectivity index (χ4n) is 7.10. The first-order chi connectivity index (χ1) is 13.5. The molecule has 2 heterocycles. The van der Waals surface area contributed by atoms with E-state index in [2.05, 4.69) is 18.2 Å². The number of rotatable bonds is 1. The standard InChI is InChI=1S/C23H30N2O3/c1-3-25-21(26)16-10-9-13-6-4-8-15-17(18(13)20(16)23(25)28)12-14-7-5-11-24(2)22(27)19(14)15/h5,7,9,14-20H,3-4,6,8,10-12H2,1-2H3/t14-,15+,16+,17+,18+,19-,20+/m1/s1. The van der Waals surface area contributed by atoms with Gasteiger partial charge in [-0.25, -0.2) is 0 Å². The minimum atomic E-state index is -0.197. The number of likely N-dealkylation sites (N-methyl/N-ethyl adjacent to an activating group) is 1. The molecule has 0 unspecified atom stereocenters. The molecule has 3 fully saturated rings. The van der Waals surface area contributed by atoms with Crippen LogP contribution in [0.3, 0.4) is 0 Å². The Labute approximate surface area is 166 Å². The molecule has 0 aromatic rings. The molecule has 150 valence electrons. The van der Waals surface area contributed by atoms with Crippen LogP contribution in [-0.4, -0.2) is 47.7 Å². The van der Waals surface area contributed by atoms with Gasteiger partial charge >= 0.3 is 0 Å². The zero-order chi connectivity index (χ0) is 19.6. The van der Waals surface area contributed by atoms with Gasteiger partial charge in [-0.3, -0.25) is 19.3 Å². The summed E-state index contributed by atoms with van der Waals surface area (Å²) < 4.78 is 0. The average molecular weight is 383 g/mol. The Morgan fingerprint density at radius 2 is 1.86 bits per heavy atom. The van der Waals surface area contributed by atoms with Crippen LogP contribution in [0.25, 0.3) is 0 Å². The number of nitrogens with zero attached hydrogens (tertiary/aromatic N) is 2. The summed E-state index contributed by atoms with van der Waals surface area (Å²) in [6.45, 7) is 3.06. The first-order valence-corrected chi connectivity index (χ1v) is 11.0. The number of carbonyl (C=O) groups is 3. The summed E-state index contributed by atoms with van der Waals surface area (Å²) in [5.41, 5.74) is 1.40. The van der Waals surface area contributed by atoms with Crippen molar-refractivity contribution in [3.8, 4) is 0 Å². The van der Waals surface area contributed by atoms with Crippen molar-refractivity contribution in [3.05, 3.63) is 23.8 Å². The highest BCUT2D eigenvalue weighted by Crippen LogP contribution is 2.58. The molecule has 0 bridgehead atoms. The number of fused-ring (bicyclic) bond motifs is 7. The molecule has 28 heavy (non-hydrogen) atoms. The molecule has 0 spiro atoms. The van der Waals surface area contributed by atoms with Crippen molar-refractivity contribution >= 4 is 17.7 Å². The van der Waals surface area contributed by atoms with Gasteiger partial charge in [0.25, 0.3) is 0 Å². The Hall–Kier alpha value is -1.91. The molecule has 2 saturated carbocycles. The zero-order valence-electron chi connectivity index (χ0n) is 16.8. The Kier molecular flexibility index (Phi) is 4.25. The quantitative estimate of drug-likeness (QED) is 0.517. The maximum atomic E-state index is 13.2. The third-order valence-electron chi connectivity index (χ3n) is 8.24. The van der Waals surface area contributed by atoms with E-state index in [0.29, 0.717) is 31.3 Å². The molecule has 3 amide bonds. The van der Waals surface area contributed by atoms with Gasteiger partial charge in [0, 0.05) is 26.1 Å². The third kappa shape index (κ3) is 2.40. The molecule has 5 heteroatoms. The number of carbonyl (C=O) groups excluding carboxylic acids is 3. The normalized spacial score (nSPS) is 42.4. The maximum absolute atomic E-state index is 13.2. The Bertz CT molecular complexity index is 785. The summed E-state index contributed by atoms with van der Waals surface area (Å²) in [6, 6.07) is 0. The monoisotopic (exact) mass is 382 g/mol. The fourth-order valence-corrected chi connectivity index (χ4v) is 7.10. The van der Waals surface area contributed by atoms with Crippen LogP contribution < -0.4 is 0 Å². The highest BCUT2D eigenvalue weighted by molar-refractivity contribution is 6.05. The molecule has 7 atom stereocenters. The van der Waals surface area contributed by atoms with Crippen molar-refractivity contribution in [1.82, 2.24) is 9.80 Å². The van der Waals surface area contributed by atoms with E-state index in [1.807, 2.05) is 18.9 Å². The highest BCUT2D eigenvalue weighted by Gasteiger charge is 2.59. The first kappa shape index (κ1) is 18.1. The molecule has 0 radical (unpaired) electrons. The largest absolute Gasteiger partial charge is 0.342 e. The topological polar surface area (TPSA) is 57.7 Å². The molecule has 5 aliphatic rings. The summed E-state index contributed by atoms with van der Waals surface area (Å²) in [5.74, 6) is 1.10. The van der Waals surface area contributed by atoms with Crippen LogP contribution in [0.4, 0.5) is 0 Å². The maximum Gasteiger partial charge on any atom is 0.233 e. The van der Waals surface area contributed by atoms with Crippen LogP contribution in [0.15, 0.2) is 23.8 Å². The molecule has 3 aliphatic carbocycles. The summed E-state index contributed by atoms with van der Waals surface area (Å²) >= 11 is 0. The van der Waals surface area contributed by atoms with Gasteiger partial charge in [0.15, 0.2) is 0 Å². The fraction of sp³-hybridized carbons (Fsp3) is 0.696. The van der Waals surface area contributed by atoms with E-state index in [9.17, 15) is 14.4 Å². The number of likely N-dealkylation sites (tertiary alicyclic amines) is 1. The number of allylic oxidation sites excluding steroid dienone is 3. The van der Waals surface area contributed by atoms with E-state index in [1.165, 1.54) is 10.5 Å². The van der Waals surface area contributed by atoms with Crippen LogP contribution in [0.1, 0.15) is 39.0 Å². The van der Waals surface area contributed by atoms with Crippen molar-refractivity contribution in [3.63, 3.8) is 0 Å². The number of hydrogen-bond donors (Lipinski definition) is 0. The lowest BCUT2D eigenvalue weighted by Crippen LogP contribution is -2.40. The smallest absolute Gasteiger partial charge is 0.233 e. The van der Waals surface area contributed by atoms with E-state index in [4.69, 9.17) is 0 Å². The minimum absolute atomic E-state index is 0.0246. The lowest BCUT2D eigenvalue weighted by Gasteiger charge is -2.37. The lowest BCUT2D eigenvalue weighted by molar-refractivity contribution is -0.140. The Balaban J connectivity index is 1.55. The average Bonchev–Trinajstić information content (AvgIpc) is 3.02. The number of hydrogen-bond acceptors (Lipinski definition) is 3. The predicted octanol–water partition coefficient (Wildman–Crippen LogP) is 2.63.